The van der Waals surface area contributed by atoms with Gasteiger partial charge in [-0.1, -0.05) is 57.2 Å². The fourth-order valence-electron chi connectivity index (χ4n) is 3.86. The maximum atomic E-state index is 13.5. The summed E-state index contributed by atoms with van der Waals surface area (Å²) in [5.41, 5.74) is 2.58. The Morgan fingerprint density at radius 1 is 0.812 bits per heavy atom. The largest absolute Gasteiger partial charge is 0.457 e. The minimum atomic E-state index is -0.299. The number of carbonyl (C=O) groups is 3. The fraction of sp³-hybridized carbons (Fsp3) is 0.222. The number of ether oxygens (including phenoxy) is 1. The molecule has 1 aliphatic carbocycles. The molecule has 0 spiro atoms. The molecule has 5 nitrogen and oxygen atoms in total. The van der Waals surface area contributed by atoms with Crippen LogP contribution in [0, 0.1) is 0 Å². The molecule has 0 unspecified atom stereocenters. The van der Waals surface area contributed by atoms with E-state index in [1.54, 1.807) is 43.4 Å². The highest BCUT2D eigenvalue weighted by Crippen LogP contribution is 2.40. The molecule has 32 heavy (non-hydrogen) atoms. The Bertz CT molecular complexity index is 1250. The van der Waals surface area contributed by atoms with Crippen molar-refractivity contribution >= 4 is 23.2 Å². The van der Waals surface area contributed by atoms with Crippen LogP contribution in [0.3, 0.4) is 0 Å². The van der Waals surface area contributed by atoms with Gasteiger partial charge in [0.25, 0.3) is 0 Å². The first-order chi connectivity index (χ1) is 15.1. The van der Waals surface area contributed by atoms with E-state index in [2.05, 4.69) is 20.8 Å². The van der Waals surface area contributed by atoms with E-state index in [-0.39, 0.29) is 39.8 Å². The summed E-state index contributed by atoms with van der Waals surface area (Å²) in [6, 6.07) is 17.7. The highest BCUT2D eigenvalue weighted by Gasteiger charge is 2.35. The van der Waals surface area contributed by atoms with Crippen LogP contribution in [0.2, 0.25) is 0 Å². The number of nitrogens with zero attached hydrogens (tertiary/aromatic N) is 1. The number of benzene rings is 3. The molecule has 0 heterocycles. The number of fused-ring (bicyclic) bond motifs is 2. The van der Waals surface area contributed by atoms with Crippen LogP contribution in [-0.2, 0) is 10.2 Å². The molecule has 0 saturated heterocycles. The molecule has 5 heteroatoms. The predicted molar refractivity (Wildman–Crippen MR) is 124 cm³/mol. The zero-order chi connectivity index (χ0) is 23.2. The van der Waals surface area contributed by atoms with Gasteiger partial charge in [-0.3, -0.25) is 14.4 Å². The topological polar surface area (TPSA) is 63.7 Å². The highest BCUT2D eigenvalue weighted by atomic mass is 16.5. The average molecular weight is 428 g/mol. The van der Waals surface area contributed by atoms with Crippen LogP contribution in [0.4, 0.5) is 5.69 Å². The van der Waals surface area contributed by atoms with Gasteiger partial charge in [0.15, 0.2) is 11.6 Å². The average Bonchev–Trinajstić information content (AvgIpc) is 2.76. The van der Waals surface area contributed by atoms with Gasteiger partial charge in [-0.15, -0.1) is 0 Å². The van der Waals surface area contributed by atoms with Crippen LogP contribution in [0.15, 0.2) is 60.7 Å². The molecule has 0 bridgehead atoms. The van der Waals surface area contributed by atoms with E-state index in [1.807, 2.05) is 24.3 Å². The van der Waals surface area contributed by atoms with E-state index in [0.717, 1.165) is 5.56 Å². The molecule has 162 valence electrons. The SMILES string of the molecule is CC(=O)N(C)c1ccc(Oc2ccc(C(C)(C)C)cc2)c2c1C(=O)c1ccccc1C2=O. The second-order valence-electron chi connectivity index (χ2n) is 8.99. The zero-order valence-corrected chi connectivity index (χ0v) is 18.9. The quantitative estimate of drug-likeness (QED) is 0.431. The molecule has 0 saturated carbocycles. The Balaban J connectivity index is 1.86. The molecule has 0 aliphatic heterocycles. The van der Waals surface area contributed by atoms with E-state index in [4.69, 9.17) is 4.74 Å². The summed E-state index contributed by atoms with van der Waals surface area (Å²) in [4.78, 5) is 40.3. The summed E-state index contributed by atoms with van der Waals surface area (Å²) >= 11 is 0. The van der Waals surface area contributed by atoms with E-state index < -0.39 is 0 Å². The zero-order valence-electron chi connectivity index (χ0n) is 18.9. The second-order valence-corrected chi connectivity index (χ2v) is 8.99. The minimum Gasteiger partial charge on any atom is -0.457 e. The summed E-state index contributed by atoms with van der Waals surface area (Å²) in [6.45, 7) is 7.80. The standard InChI is InChI=1S/C27H25NO4/c1-16(29)28(5)21-14-15-22(32-18-12-10-17(11-13-18)27(2,3)4)24-23(21)25(30)19-8-6-7-9-20(19)26(24)31/h6-15H,1-5H3. The lowest BCUT2D eigenvalue weighted by molar-refractivity contribution is -0.116. The van der Waals surface area contributed by atoms with Crippen LogP contribution in [0.25, 0.3) is 0 Å². The van der Waals surface area contributed by atoms with Crippen molar-refractivity contribution in [2.75, 3.05) is 11.9 Å². The first kappa shape index (κ1) is 21.5. The summed E-state index contributed by atoms with van der Waals surface area (Å²) in [6.07, 6.45) is 0. The third kappa shape index (κ3) is 3.60. The molecule has 0 aromatic heterocycles. The van der Waals surface area contributed by atoms with Gasteiger partial charge in [0.1, 0.15) is 11.5 Å². The van der Waals surface area contributed by atoms with Gasteiger partial charge in [-0.05, 0) is 35.2 Å². The summed E-state index contributed by atoms with van der Waals surface area (Å²) in [7, 11) is 1.59. The molecule has 1 aliphatic rings. The van der Waals surface area contributed by atoms with Crippen molar-refractivity contribution in [2.45, 2.75) is 33.1 Å². The second kappa shape index (κ2) is 7.75. The van der Waals surface area contributed by atoms with Gasteiger partial charge < -0.3 is 9.64 Å². The first-order valence-electron chi connectivity index (χ1n) is 10.5. The fourth-order valence-corrected chi connectivity index (χ4v) is 3.86. The van der Waals surface area contributed by atoms with Crippen LogP contribution < -0.4 is 9.64 Å². The van der Waals surface area contributed by atoms with Crippen LogP contribution in [-0.4, -0.2) is 24.5 Å². The number of amides is 1. The number of hydrogen-bond acceptors (Lipinski definition) is 4. The van der Waals surface area contributed by atoms with Crippen molar-refractivity contribution in [1.29, 1.82) is 0 Å². The number of hydrogen-bond donors (Lipinski definition) is 0. The number of anilines is 1. The third-order valence-electron chi connectivity index (χ3n) is 5.80. The Labute approximate surface area is 187 Å². The van der Waals surface area contributed by atoms with Crippen molar-refractivity contribution in [3.05, 3.63) is 88.5 Å². The monoisotopic (exact) mass is 427 g/mol. The number of ketones is 2. The molecular formula is C27H25NO4. The molecule has 0 fully saturated rings. The van der Waals surface area contributed by atoms with E-state index >= 15 is 0 Å². The lowest BCUT2D eigenvalue weighted by Crippen LogP contribution is -2.29. The maximum absolute atomic E-state index is 13.5. The van der Waals surface area contributed by atoms with Crippen LogP contribution in [0.5, 0.6) is 11.5 Å². The molecule has 3 aromatic rings. The van der Waals surface area contributed by atoms with Gasteiger partial charge >= 0.3 is 0 Å². The molecule has 1 amide bonds. The van der Waals surface area contributed by atoms with Gasteiger partial charge in [0.2, 0.25) is 5.91 Å². The predicted octanol–water partition coefficient (Wildman–Crippen LogP) is 5.53. The number of rotatable bonds is 3. The third-order valence-corrected chi connectivity index (χ3v) is 5.80. The molecular weight excluding hydrogens is 402 g/mol. The Morgan fingerprint density at radius 2 is 1.38 bits per heavy atom. The minimum absolute atomic E-state index is 0.00269. The summed E-state index contributed by atoms with van der Waals surface area (Å²) < 4.78 is 6.10. The summed E-state index contributed by atoms with van der Waals surface area (Å²) in [5.74, 6) is 0.0175. The van der Waals surface area contributed by atoms with Crippen LogP contribution >= 0.6 is 0 Å². The van der Waals surface area contributed by atoms with E-state index in [9.17, 15) is 14.4 Å². The van der Waals surface area contributed by atoms with E-state index in [0.29, 0.717) is 22.6 Å². The molecule has 0 radical (unpaired) electrons. The van der Waals surface area contributed by atoms with E-state index in [1.165, 1.54) is 11.8 Å². The Kier molecular flexibility index (Phi) is 5.21. The van der Waals surface area contributed by atoms with Crippen molar-refractivity contribution in [1.82, 2.24) is 0 Å². The maximum Gasteiger partial charge on any atom is 0.223 e. The summed E-state index contributed by atoms with van der Waals surface area (Å²) in [5, 5.41) is 0. The lowest BCUT2D eigenvalue weighted by Gasteiger charge is -2.26. The van der Waals surface area contributed by atoms with Crippen molar-refractivity contribution in [2.24, 2.45) is 0 Å². The van der Waals surface area contributed by atoms with Crippen molar-refractivity contribution in [3.8, 4) is 11.5 Å². The number of carbonyl (C=O) groups excluding carboxylic acids is 3. The van der Waals surface area contributed by atoms with Crippen molar-refractivity contribution in [3.63, 3.8) is 0 Å². The van der Waals surface area contributed by atoms with Crippen LogP contribution in [0.1, 0.15) is 65.1 Å². The Morgan fingerprint density at radius 3 is 1.91 bits per heavy atom. The normalized spacial score (nSPS) is 12.8. The molecule has 3 aromatic carbocycles. The smallest absolute Gasteiger partial charge is 0.223 e. The molecule has 4 rings (SSSR count). The van der Waals surface area contributed by atoms with Gasteiger partial charge in [-0.25, -0.2) is 0 Å². The first-order valence-corrected chi connectivity index (χ1v) is 10.5. The lowest BCUT2D eigenvalue weighted by atomic mass is 9.82. The molecule has 0 N–H and O–H groups in total. The Hall–Kier alpha value is -3.73. The van der Waals surface area contributed by atoms with Gasteiger partial charge in [0.05, 0.1) is 16.8 Å². The molecule has 0 atom stereocenters. The highest BCUT2D eigenvalue weighted by molar-refractivity contribution is 6.31. The van der Waals surface area contributed by atoms with Gasteiger partial charge in [-0.2, -0.15) is 0 Å². The van der Waals surface area contributed by atoms with Gasteiger partial charge in [0, 0.05) is 25.1 Å². The van der Waals surface area contributed by atoms with Crippen molar-refractivity contribution < 1.29 is 19.1 Å².